The monoisotopic (exact) mass is 159 g/mol. The normalized spacial score (nSPS) is 12.0. The van der Waals surface area contributed by atoms with E-state index in [1.807, 2.05) is 7.05 Å². The van der Waals surface area contributed by atoms with Gasteiger partial charge in [0, 0.05) is 19.1 Å². The minimum absolute atomic E-state index is 0.569. The van der Waals surface area contributed by atoms with Crippen molar-refractivity contribution in [3.63, 3.8) is 0 Å². The Morgan fingerprint density at radius 3 is 1.55 bits per heavy atom. The molecule has 0 aliphatic heterocycles. The van der Waals surface area contributed by atoms with Crippen molar-refractivity contribution in [2.75, 3.05) is 48.3 Å². The number of rotatable bonds is 5. The Morgan fingerprint density at radius 1 is 1.00 bits per heavy atom. The van der Waals surface area contributed by atoms with E-state index >= 15 is 0 Å². The summed E-state index contributed by atoms with van der Waals surface area (Å²) in [6, 6.07) is 0.569. The summed E-state index contributed by atoms with van der Waals surface area (Å²) < 4.78 is 0. The molecule has 0 amide bonds. The first kappa shape index (κ1) is 10.9. The lowest BCUT2D eigenvalue weighted by Gasteiger charge is -2.23. The third kappa shape index (κ3) is 6.28. The van der Waals surface area contributed by atoms with Crippen LogP contribution in [-0.2, 0) is 0 Å². The summed E-state index contributed by atoms with van der Waals surface area (Å²) in [7, 11) is 10.4. The van der Waals surface area contributed by atoms with Crippen LogP contribution in [0.5, 0.6) is 0 Å². The average Bonchev–Trinajstić information content (AvgIpc) is 1.84. The van der Waals surface area contributed by atoms with Crippen molar-refractivity contribution in [3.8, 4) is 0 Å². The largest absolute Gasteiger partial charge is 0.315 e. The minimum Gasteiger partial charge on any atom is -0.315 e. The number of likely N-dealkylation sites (N-methyl/N-ethyl adjacent to an activating group) is 3. The fourth-order valence-electron chi connectivity index (χ4n) is 1.12. The lowest BCUT2D eigenvalue weighted by molar-refractivity contribution is 0.285. The third-order valence-electron chi connectivity index (χ3n) is 1.58. The summed E-state index contributed by atoms with van der Waals surface area (Å²) in [5.41, 5.74) is 0. The van der Waals surface area contributed by atoms with Gasteiger partial charge in [-0.05, 0) is 35.2 Å². The van der Waals surface area contributed by atoms with Crippen molar-refractivity contribution in [3.05, 3.63) is 0 Å². The lowest BCUT2D eigenvalue weighted by atomic mass is 10.3. The van der Waals surface area contributed by atoms with Crippen LogP contribution in [0.4, 0.5) is 0 Å². The maximum absolute atomic E-state index is 3.28. The van der Waals surface area contributed by atoms with Gasteiger partial charge in [0.25, 0.3) is 0 Å². The van der Waals surface area contributed by atoms with Crippen LogP contribution >= 0.6 is 0 Å². The summed E-state index contributed by atoms with van der Waals surface area (Å²) in [5.74, 6) is 0. The summed E-state index contributed by atoms with van der Waals surface area (Å²) in [6.07, 6.45) is 0. The molecule has 0 aromatic heterocycles. The van der Waals surface area contributed by atoms with Crippen LogP contribution in [-0.4, -0.2) is 64.2 Å². The Bertz CT molecular complexity index is 81.3. The molecule has 0 atom stereocenters. The predicted molar refractivity (Wildman–Crippen MR) is 50.0 cm³/mol. The average molecular weight is 159 g/mol. The van der Waals surface area contributed by atoms with Crippen LogP contribution in [0.1, 0.15) is 0 Å². The Kier molecular flexibility index (Phi) is 5.46. The van der Waals surface area contributed by atoms with Crippen molar-refractivity contribution in [1.29, 1.82) is 0 Å². The maximum atomic E-state index is 3.28. The molecule has 0 aromatic rings. The zero-order chi connectivity index (χ0) is 8.85. The van der Waals surface area contributed by atoms with Gasteiger partial charge in [-0.25, -0.2) is 0 Å². The van der Waals surface area contributed by atoms with Crippen LogP contribution < -0.4 is 5.32 Å². The van der Waals surface area contributed by atoms with Gasteiger partial charge in [0.1, 0.15) is 0 Å². The van der Waals surface area contributed by atoms with Gasteiger partial charge in [-0.15, -0.1) is 0 Å². The van der Waals surface area contributed by atoms with Crippen LogP contribution in [0.2, 0.25) is 0 Å². The highest BCUT2D eigenvalue weighted by Gasteiger charge is 2.07. The maximum Gasteiger partial charge on any atom is 0.0319 e. The van der Waals surface area contributed by atoms with Crippen molar-refractivity contribution < 1.29 is 0 Å². The lowest BCUT2D eigenvalue weighted by Crippen LogP contribution is -2.43. The zero-order valence-electron chi connectivity index (χ0n) is 8.39. The second-order valence-electron chi connectivity index (χ2n) is 3.51. The molecule has 0 aliphatic rings. The predicted octanol–water partition coefficient (Wildman–Crippen LogP) is -0.302. The molecule has 0 spiro atoms. The Hall–Kier alpha value is -0.120. The smallest absolute Gasteiger partial charge is 0.0319 e. The number of hydrogen-bond acceptors (Lipinski definition) is 3. The van der Waals surface area contributed by atoms with Gasteiger partial charge in [-0.3, -0.25) is 0 Å². The standard InChI is InChI=1S/C8H21N3/c1-9-8(6-10(2)3)7-11(4)5/h8-9H,6-7H2,1-5H3. The van der Waals surface area contributed by atoms with E-state index in [4.69, 9.17) is 0 Å². The molecular weight excluding hydrogens is 138 g/mol. The van der Waals surface area contributed by atoms with Crippen LogP contribution in [0.3, 0.4) is 0 Å². The van der Waals surface area contributed by atoms with E-state index in [2.05, 4.69) is 43.3 Å². The molecule has 0 bridgehead atoms. The van der Waals surface area contributed by atoms with Crippen LogP contribution in [0, 0.1) is 0 Å². The quantitative estimate of drug-likeness (QED) is 0.594. The minimum atomic E-state index is 0.569. The van der Waals surface area contributed by atoms with Crippen LogP contribution in [0.15, 0.2) is 0 Å². The van der Waals surface area contributed by atoms with Crippen molar-refractivity contribution >= 4 is 0 Å². The highest BCUT2D eigenvalue weighted by molar-refractivity contribution is 4.69. The van der Waals surface area contributed by atoms with Crippen molar-refractivity contribution in [2.24, 2.45) is 0 Å². The topological polar surface area (TPSA) is 18.5 Å². The zero-order valence-corrected chi connectivity index (χ0v) is 8.39. The molecule has 0 saturated carbocycles. The Labute approximate surface area is 70.4 Å². The first-order valence-electron chi connectivity index (χ1n) is 4.03. The van der Waals surface area contributed by atoms with E-state index in [1.54, 1.807) is 0 Å². The van der Waals surface area contributed by atoms with E-state index in [-0.39, 0.29) is 0 Å². The molecule has 0 fully saturated rings. The van der Waals surface area contributed by atoms with Gasteiger partial charge < -0.3 is 15.1 Å². The van der Waals surface area contributed by atoms with Gasteiger partial charge in [0.15, 0.2) is 0 Å². The second-order valence-corrected chi connectivity index (χ2v) is 3.51. The van der Waals surface area contributed by atoms with Gasteiger partial charge in [-0.1, -0.05) is 0 Å². The number of nitrogens with one attached hydrogen (secondary N) is 1. The summed E-state index contributed by atoms with van der Waals surface area (Å²) in [5, 5.41) is 3.28. The summed E-state index contributed by atoms with van der Waals surface area (Å²) >= 11 is 0. The van der Waals surface area contributed by atoms with E-state index in [1.165, 1.54) is 0 Å². The molecule has 0 radical (unpaired) electrons. The van der Waals surface area contributed by atoms with Crippen LogP contribution in [0.25, 0.3) is 0 Å². The molecule has 0 rings (SSSR count). The Balaban J connectivity index is 3.58. The van der Waals surface area contributed by atoms with E-state index in [0.717, 1.165) is 13.1 Å². The fourth-order valence-corrected chi connectivity index (χ4v) is 1.12. The SMILES string of the molecule is CNC(CN(C)C)CN(C)C. The molecule has 11 heavy (non-hydrogen) atoms. The molecule has 68 valence electrons. The van der Waals surface area contributed by atoms with Crippen molar-refractivity contribution in [2.45, 2.75) is 6.04 Å². The molecule has 3 nitrogen and oxygen atoms in total. The van der Waals surface area contributed by atoms with Gasteiger partial charge in [0.05, 0.1) is 0 Å². The third-order valence-corrected chi connectivity index (χ3v) is 1.58. The Morgan fingerprint density at radius 2 is 1.36 bits per heavy atom. The first-order valence-corrected chi connectivity index (χ1v) is 4.03. The summed E-state index contributed by atoms with van der Waals surface area (Å²) in [4.78, 5) is 4.40. The van der Waals surface area contributed by atoms with E-state index in [9.17, 15) is 0 Å². The second kappa shape index (κ2) is 5.52. The molecule has 0 saturated heterocycles. The number of nitrogens with zero attached hydrogens (tertiary/aromatic N) is 2. The van der Waals surface area contributed by atoms with E-state index < -0.39 is 0 Å². The van der Waals surface area contributed by atoms with Crippen molar-refractivity contribution in [1.82, 2.24) is 15.1 Å². The molecular formula is C8H21N3. The molecule has 0 aromatic carbocycles. The van der Waals surface area contributed by atoms with Gasteiger partial charge >= 0.3 is 0 Å². The molecule has 0 unspecified atom stereocenters. The highest BCUT2D eigenvalue weighted by Crippen LogP contribution is 1.87. The molecule has 1 N–H and O–H groups in total. The van der Waals surface area contributed by atoms with Gasteiger partial charge in [-0.2, -0.15) is 0 Å². The molecule has 3 heteroatoms. The van der Waals surface area contributed by atoms with E-state index in [0.29, 0.717) is 6.04 Å². The highest BCUT2D eigenvalue weighted by atomic mass is 15.1. The first-order chi connectivity index (χ1) is 5.06. The summed E-state index contributed by atoms with van der Waals surface area (Å²) in [6.45, 7) is 2.18. The fraction of sp³-hybridized carbons (Fsp3) is 1.00. The van der Waals surface area contributed by atoms with Gasteiger partial charge in [0.2, 0.25) is 0 Å². The molecule has 0 aliphatic carbocycles. The number of hydrogen-bond donors (Lipinski definition) is 1. The molecule has 0 heterocycles.